The minimum atomic E-state index is -3.97. The molecule has 0 bridgehead atoms. The standard InChI is InChI=1S/C21H21O4P.C6H5NO2.C6H12O3.C4H8O.C3H7NO.C2H6OS/c1-16-10-4-7-13-19(16)23-26(22,24-20-14-8-5-11-17(20)2)25-21-15-9-6-12-18(21)3;8-7(9)6-4-2-1-3-5-6;1-7-5-3-4-6(8-2)9-5;1-2-4-5-3-1;1-4(2)3-5;1-4(2)3/h4-15H,1-3H3;1-5H;5-6H,3-4H2,1-2H3;1-4H2;3H,1-2H3;1-2H3. The molecule has 1 amide bonds. The van der Waals surface area contributed by atoms with Crippen LogP contribution in [-0.2, 0) is 39.1 Å². The molecule has 2 heterocycles. The van der Waals surface area contributed by atoms with Gasteiger partial charge in [-0.25, -0.2) is 0 Å². The van der Waals surface area contributed by atoms with E-state index in [1.54, 1.807) is 77.2 Å². The predicted octanol–water partition coefficient (Wildman–Crippen LogP) is 9.09. The second-order valence-electron chi connectivity index (χ2n) is 12.8. The molecule has 320 valence electrons. The minimum absolute atomic E-state index is 0.0463. The number of para-hydroxylation sites is 4. The predicted molar refractivity (Wildman–Crippen MR) is 228 cm³/mol. The molecular weight excluding hydrogens is 788 g/mol. The minimum Gasteiger partial charge on any atom is -0.386 e. The molecule has 2 atom stereocenters. The highest BCUT2D eigenvalue weighted by atomic mass is 32.2. The number of benzene rings is 4. The van der Waals surface area contributed by atoms with Crippen LogP contribution in [0.3, 0.4) is 0 Å². The van der Waals surface area contributed by atoms with E-state index in [4.69, 9.17) is 32.5 Å². The first-order chi connectivity index (χ1) is 27.6. The van der Waals surface area contributed by atoms with Crippen LogP contribution >= 0.6 is 7.82 Å². The van der Waals surface area contributed by atoms with Crippen molar-refractivity contribution in [1.82, 2.24) is 4.90 Å². The van der Waals surface area contributed by atoms with E-state index in [1.165, 1.54) is 29.9 Å². The maximum absolute atomic E-state index is 13.5. The molecule has 2 aliphatic rings. The first kappa shape index (κ1) is 51.4. The highest BCUT2D eigenvalue weighted by Crippen LogP contribution is 2.51. The van der Waals surface area contributed by atoms with Gasteiger partial charge in [0.1, 0.15) is 17.2 Å². The van der Waals surface area contributed by atoms with E-state index in [1.807, 2.05) is 75.4 Å². The molecule has 0 N–H and O–H groups in total. The van der Waals surface area contributed by atoms with Gasteiger partial charge < -0.3 is 37.4 Å². The van der Waals surface area contributed by atoms with Gasteiger partial charge >= 0.3 is 7.82 Å². The normalized spacial score (nSPS) is 15.1. The summed E-state index contributed by atoms with van der Waals surface area (Å²) in [4.78, 5) is 20.5. The molecule has 0 radical (unpaired) electrons. The molecule has 6 rings (SSSR count). The average molecular weight is 847 g/mol. The van der Waals surface area contributed by atoms with E-state index in [-0.39, 0.29) is 18.3 Å². The highest BCUT2D eigenvalue weighted by Gasteiger charge is 2.34. The van der Waals surface area contributed by atoms with Gasteiger partial charge in [0.05, 0.1) is 4.92 Å². The Morgan fingerprint density at radius 3 is 1.26 bits per heavy atom. The number of rotatable bonds is 10. The van der Waals surface area contributed by atoms with Gasteiger partial charge in [0.15, 0.2) is 12.6 Å². The Bertz CT molecular complexity index is 1670. The van der Waals surface area contributed by atoms with Crippen molar-refractivity contribution in [1.29, 1.82) is 0 Å². The number of phosphoric ester groups is 1. The number of ether oxygens (including phenoxy) is 4. The van der Waals surface area contributed by atoms with Crippen molar-refractivity contribution < 1.29 is 51.0 Å². The lowest BCUT2D eigenvalue weighted by Crippen LogP contribution is -2.13. The van der Waals surface area contributed by atoms with Crippen molar-refractivity contribution in [2.75, 3.05) is 54.0 Å². The van der Waals surface area contributed by atoms with Crippen LogP contribution in [0.1, 0.15) is 42.4 Å². The fourth-order valence-electron chi connectivity index (χ4n) is 4.38. The fourth-order valence-corrected chi connectivity index (χ4v) is 5.83. The maximum atomic E-state index is 13.5. The Morgan fingerprint density at radius 1 is 0.707 bits per heavy atom. The molecule has 0 aromatic heterocycles. The topological polar surface area (TPSA) is 162 Å². The molecule has 2 aliphatic heterocycles. The average Bonchev–Trinajstić information content (AvgIpc) is 3.95. The molecule has 0 aliphatic carbocycles. The van der Waals surface area contributed by atoms with E-state index in [2.05, 4.69) is 0 Å². The number of phosphoric acid groups is 1. The number of non-ortho nitro benzene ring substituents is 1. The SMILES string of the molecule is C1CCOC1.CN(C)C=O.COC1CCC(OC)O1.CS(C)=O.Cc1ccccc1OP(=O)(Oc1ccccc1C)Oc1ccccc1C.O=[N+]([O-])c1ccccc1. The summed E-state index contributed by atoms with van der Waals surface area (Å²) < 4.78 is 60.4. The second kappa shape index (κ2) is 29.6. The van der Waals surface area contributed by atoms with Crippen LogP contribution in [0.25, 0.3) is 0 Å². The van der Waals surface area contributed by atoms with E-state index < -0.39 is 23.5 Å². The first-order valence-electron chi connectivity index (χ1n) is 18.3. The van der Waals surface area contributed by atoms with Crippen LogP contribution in [-0.4, -0.2) is 87.1 Å². The lowest BCUT2D eigenvalue weighted by Gasteiger charge is -2.21. The third-order valence-electron chi connectivity index (χ3n) is 7.38. The maximum Gasteiger partial charge on any atom is 0.647 e. The van der Waals surface area contributed by atoms with Crippen molar-refractivity contribution >= 4 is 30.7 Å². The van der Waals surface area contributed by atoms with Gasteiger partial charge in [0.2, 0.25) is 6.41 Å². The molecule has 4 aromatic rings. The van der Waals surface area contributed by atoms with Crippen LogP contribution in [0.2, 0.25) is 0 Å². The number of carbonyl (C=O) groups is 1. The van der Waals surface area contributed by atoms with Crippen LogP contribution < -0.4 is 13.6 Å². The van der Waals surface area contributed by atoms with Gasteiger partial charge in [0, 0.05) is 89.8 Å². The van der Waals surface area contributed by atoms with Gasteiger partial charge in [-0.1, -0.05) is 72.8 Å². The number of aryl methyl sites for hydroxylation is 3. The summed E-state index contributed by atoms with van der Waals surface area (Å²) in [6.45, 7) is 7.63. The fraction of sp³-hybridized carbons (Fsp3) is 0.405. The molecule has 2 unspecified atom stereocenters. The number of hydrogen-bond donors (Lipinski definition) is 0. The summed E-state index contributed by atoms with van der Waals surface area (Å²) in [5, 5.41) is 10.0. The molecular formula is C42H59N2O12PS. The molecule has 14 nitrogen and oxygen atoms in total. The van der Waals surface area contributed by atoms with Crippen LogP contribution in [0.15, 0.2) is 103 Å². The first-order valence-corrected chi connectivity index (χ1v) is 21.8. The van der Waals surface area contributed by atoms with Gasteiger partial charge in [-0.15, -0.1) is 0 Å². The summed E-state index contributed by atoms with van der Waals surface area (Å²) >= 11 is 0. The molecule has 58 heavy (non-hydrogen) atoms. The lowest BCUT2D eigenvalue weighted by molar-refractivity contribution is -0.384. The summed E-state index contributed by atoms with van der Waals surface area (Å²) in [5.41, 5.74) is 2.66. The number of nitro groups is 1. The summed E-state index contributed by atoms with van der Waals surface area (Å²) in [6, 6.07) is 29.9. The van der Waals surface area contributed by atoms with Crippen molar-refractivity contribution in [2.45, 2.75) is 59.0 Å². The number of hydrogen-bond acceptors (Lipinski definition) is 12. The molecule has 0 saturated carbocycles. The molecule has 2 fully saturated rings. The van der Waals surface area contributed by atoms with E-state index >= 15 is 0 Å². The second-order valence-corrected chi connectivity index (χ2v) is 15.7. The largest absolute Gasteiger partial charge is 0.647 e. The van der Waals surface area contributed by atoms with Gasteiger partial charge in [0.25, 0.3) is 5.69 Å². The van der Waals surface area contributed by atoms with E-state index in [9.17, 15) is 23.7 Å². The summed E-state index contributed by atoms with van der Waals surface area (Å²) in [7, 11) is 2.08. The van der Waals surface area contributed by atoms with Crippen molar-refractivity contribution in [3.63, 3.8) is 0 Å². The number of methoxy groups -OCH3 is 2. The van der Waals surface area contributed by atoms with Crippen LogP contribution in [0, 0.1) is 30.9 Å². The monoisotopic (exact) mass is 846 g/mol. The molecule has 2 saturated heterocycles. The van der Waals surface area contributed by atoms with E-state index in [0.717, 1.165) is 49.2 Å². The smallest absolute Gasteiger partial charge is 0.386 e. The Morgan fingerprint density at radius 2 is 1.03 bits per heavy atom. The lowest BCUT2D eigenvalue weighted by atomic mass is 10.2. The zero-order valence-corrected chi connectivity index (χ0v) is 36.6. The van der Waals surface area contributed by atoms with Gasteiger partial charge in [-0.2, -0.15) is 4.57 Å². The van der Waals surface area contributed by atoms with Crippen LogP contribution in [0.5, 0.6) is 17.2 Å². The quantitative estimate of drug-likeness (QED) is 0.0645. The van der Waals surface area contributed by atoms with Crippen molar-refractivity contribution in [3.8, 4) is 17.2 Å². The number of amides is 1. The van der Waals surface area contributed by atoms with Gasteiger partial charge in [-0.05, 0) is 68.5 Å². The molecule has 16 heteroatoms. The summed E-state index contributed by atoms with van der Waals surface area (Å²) in [5.74, 6) is 1.37. The molecule has 0 spiro atoms. The molecule has 4 aromatic carbocycles. The Balaban J connectivity index is 0.000000426. The Kier molecular flexibility index (Phi) is 26.2. The highest BCUT2D eigenvalue weighted by molar-refractivity contribution is 7.83. The third-order valence-corrected chi connectivity index (χ3v) is 8.64. The Hall–Kier alpha value is -4.63. The van der Waals surface area contributed by atoms with Gasteiger partial charge in [-0.3, -0.25) is 19.1 Å². The Labute approximate surface area is 345 Å². The zero-order valence-electron chi connectivity index (χ0n) is 34.9. The van der Waals surface area contributed by atoms with Crippen molar-refractivity contribution in [2.24, 2.45) is 0 Å². The number of nitro benzene ring substituents is 1. The summed E-state index contributed by atoms with van der Waals surface area (Å²) in [6.07, 6.45) is 8.37. The van der Waals surface area contributed by atoms with Crippen LogP contribution in [0.4, 0.5) is 5.69 Å². The zero-order chi connectivity index (χ0) is 43.3. The number of nitrogens with zero attached hydrogens (tertiary/aromatic N) is 2. The number of carbonyl (C=O) groups excluding carboxylic acids is 1. The third kappa shape index (κ3) is 22.9. The van der Waals surface area contributed by atoms with E-state index in [0.29, 0.717) is 17.2 Å². The van der Waals surface area contributed by atoms with Crippen molar-refractivity contribution in [3.05, 3.63) is 130 Å².